The lowest BCUT2D eigenvalue weighted by Gasteiger charge is -2.18. The third kappa shape index (κ3) is 68.5. The molecule has 0 aromatic rings. The Kier molecular flexibility index (Phi) is 66.7. The third-order valence-corrected chi connectivity index (χ3v) is 14.9. The van der Waals surface area contributed by atoms with Crippen LogP contribution in [0.1, 0.15) is 329 Å². The normalized spacial score (nSPS) is 12.9. The highest BCUT2D eigenvalue weighted by Crippen LogP contribution is 2.17. The standard InChI is InChI=1S/C77H130O6/c1-4-7-10-13-16-19-22-25-28-31-33-34-35-36-37-38-39-40-41-42-44-46-49-52-55-58-61-64-67-70-76(79)82-73-74(72-81-75(78)69-66-63-60-57-54-51-48-45-30-27-24-21-18-15-12-9-6-3)83-77(80)71-68-65-62-59-56-53-50-47-43-32-29-26-23-20-17-14-11-8-5-2/h7,9-10,12,16-21,25-30,33-34,48,51,74H,4-6,8,11,13-15,22-24,31-32,35-47,49-50,52-73H2,1-3H3/b10-7-,12-9-,19-16-,20-17-,21-18-,28-25-,29-26-,30-27-,34-33-,51-48-. The molecule has 0 saturated carbocycles. The molecule has 474 valence electrons. The van der Waals surface area contributed by atoms with Crippen molar-refractivity contribution in [2.45, 2.75) is 335 Å². The fourth-order valence-corrected chi connectivity index (χ4v) is 9.75. The molecule has 0 N–H and O–H groups in total. The Balaban J connectivity index is 4.32. The second kappa shape index (κ2) is 70.3. The maximum absolute atomic E-state index is 13.0. The number of allylic oxidation sites excluding steroid dienone is 20. The molecule has 0 saturated heterocycles. The molecule has 0 bridgehead atoms. The van der Waals surface area contributed by atoms with Crippen LogP contribution in [-0.4, -0.2) is 37.2 Å². The Bertz CT molecular complexity index is 1700. The third-order valence-electron chi connectivity index (χ3n) is 14.9. The van der Waals surface area contributed by atoms with Gasteiger partial charge in [0.1, 0.15) is 13.2 Å². The number of hydrogen-bond acceptors (Lipinski definition) is 6. The van der Waals surface area contributed by atoms with Gasteiger partial charge in [-0.2, -0.15) is 0 Å². The predicted octanol–water partition coefficient (Wildman–Crippen LogP) is 24.3. The summed E-state index contributed by atoms with van der Waals surface area (Å²) in [6.45, 7) is 6.40. The molecule has 0 aliphatic rings. The highest BCUT2D eigenvalue weighted by molar-refractivity contribution is 5.71. The maximum atomic E-state index is 13.0. The zero-order chi connectivity index (χ0) is 59.9. The van der Waals surface area contributed by atoms with Crippen molar-refractivity contribution in [2.24, 2.45) is 0 Å². The van der Waals surface area contributed by atoms with Crippen molar-refractivity contribution in [3.8, 4) is 0 Å². The van der Waals surface area contributed by atoms with Crippen LogP contribution >= 0.6 is 0 Å². The summed E-state index contributed by atoms with van der Waals surface area (Å²) in [7, 11) is 0. The van der Waals surface area contributed by atoms with Gasteiger partial charge in [0.2, 0.25) is 0 Å². The van der Waals surface area contributed by atoms with Gasteiger partial charge in [-0.3, -0.25) is 14.4 Å². The number of hydrogen-bond donors (Lipinski definition) is 0. The molecule has 1 unspecified atom stereocenters. The Hall–Kier alpha value is -4.19. The topological polar surface area (TPSA) is 78.9 Å². The molecule has 0 heterocycles. The van der Waals surface area contributed by atoms with Crippen LogP contribution in [0.25, 0.3) is 0 Å². The van der Waals surface area contributed by atoms with Crippen molar-refractivity contribution in [1.29, 1.82) is 0 Å². The summed E-state index contributed by atoms with van der Waals surface area (Å²) in [5.74, 6) is -0.905. The van der Waals surface area contributed by atoms with E-state index in [2.05, 4.69) is 142 Å². The molecular formula is C77H130O6. The number of unbranched alkanes of at least 4 members (excludes halogenated alkanes) is 32. The van der Waals surface area contributed by atoms with Gasteiger partial charge in [-0.15, -0.1) is 0 Å². The summed E-state index contributed by atoms with van der Waals surface area (Å²) in [5.41, 5.74) is 0. The van der Waals surface area contributed by atoms with Gasteiger partial charge >= 0.3 is 17.9 Å². The van der Waals surface area contributed by atoms with Gasteiger partial charge in [0, 0.05) is 19.3 Å². The van der Waals surface area contributed by atoms with E-state index in [-0.39, 0.29) is 31.1 Å². The molecule has 1 atom stereocenters. The van der Waals surface area contributed by atoms with Gasteiger partial charge in [-0.05, 0) is 128 Å². The monoisotopic (exact) mass is 1150 g/mol. The molecule has 0 rings (SSSR count). The van der Waals surface area contributed by atoms with Crippen molar-refractivity contribution in [2.75, 3.05) is 13.2 Å². The van der Waals surface area contributed by atoms with Crippen molar-refractivity contribution in [3.63, 3.8) is 0 Å². The maximum Gasteiger partial charge on any atom is 0.306 e. The SMILES string of the molecule is CC/C=C\C/C=C\C/C=C\C/C=C\CCCCCCCCCCCCCCCCCCC(=O)OCC(COC(=O)CCCCCC/C=C\C/C=C\C/C=C\C/C=C\CC)OC(=O)CCCCCCCCCCC/C=C\C/C=C\CCCCC. The summed E-state index contributed by atoms with van der Waals surface area (Å²) in [4.78, 5) is 38.5. The molecule has 0 aliphatic heterocycles. The summed E-state index contributed by atoms with van der Waals surface area (Å²) >= 11 is 0. The van der Waals surface area contributed by atoms with E-state index in [9.17, 15) is 14.4 Å². The highest BCUT2D eigenvalue weighted by atomic mass is 16.6. The van der Waals surface area contributed by atoms with Gasteiger partial charge in [0.25, 0.3) is 0 Å². The molecule has 0 amide bonds. The highest BCUT2D eigenvalue weighted by Gasteiger charge is 2.19. The largest absolute Gasteiger partial charge is 0.462 e. The first-order valence-electron chi connectivity index (χ1n) is 35.0. The van der Waals surface area contributed by atoms with E-state index in [1.165, 1.54) is 161 Å². The lowest BCUT2D eigenvalue weighted by Crippen LogP contribution is -2.30. The van der Waals surface area contributed by atoms with E-state index in [1.807, 2.05) is 0 Å². The summed E-state index contributed by atoms with van der Waals surface area (Å²) < 4.78 is 17.0. The molecule has 6 nitrogen and oxygen atoms in total. The van der Waals surface area contributed by atoms with Crippen molar-refractivity contribution in [1.82, 2.24) is 0 Å². The van der Waals surface area contributed by atoms with Crippen LogP contribution < -0.4 is 0 Å². The number of carbonyl (C=O) groups is 3. The van der Waals surface area contributed by atoms with Gasteiger partial charge in [0.15, 0.2) is 6.10 Å². The molecule has 0 aliphatic carbocycles. The molecule has 0 radical (unpaired) electrons. The summed E-state index contributed by atoms with van der Waals surface area (Å²) in [6, 6.07) is 0. The number of ether oxygens (including phenoxy) is 3. The smallest absolute Gasteiger partial charge is 0.306 e. The Morgan fingerprint density at radius 3 is 0.735 bits per heavy atom. The Labute approximate surface area is 513 Å². The first kappa shape index (κ1) is 78.8. The van der Waals surface area contributed by atoms with Crippen LogP contribution in [0.5, 0.6) is 0 Å². The molecule has 0 aromatic carbocycles. The van der Waals surface area contributed by atoms with Gasteiger partial charge < -0.3 is 14.2 Å². The van der Waals surface area contributed by atoms with Crippen LogP contribution in [0, 0.1) is 0 Å². The van der Waals surface area contributed by atoms with E-state index in [1.54, 1.807) is 0 Å². The first-order valence-corrected chi connectivity index (χ1v) is 35.0. The van der Waals surface area contributed by atoms with E-state index in [0.29, 0.717) is 19.3 Å². The van der Waals surface area contributed by atoms with Crippen molar-refractivity contribution >= 4 is 17.9 Å². The lowest BCUT2D eigenvalue weighted by molar-refractivity contribution is -0.167. The molecular weight excluding hydrogens is 1020 g/mol. The molecule has 0 aromatic heterocycles. The second-order valence-corrected chi connectivity index (χ2v) is 23.0. The minimum atomic E-state index is -0.795. The average Bonchev–Trinajstić information content (AvgIpc) is 3.49. The van der Waals surface area contributed by atoms with Gasteiger partial charge in [-0.25, -0.2) is 0 Å². The summed E-state index contributed by atoms with van der Waals surface area (Å²) in [5, 5.41) is 0. The van der Waals surface area contributed by atoms with E-state index in [4.69, 9.17) is 14.2 Å². The van der Waals surface area contributed by atoms with E-state index < -0.39 is 6.10 Å². The predicted molar refractivity (Wildman–Crippen MR) is 362 cm³/mol. The van der Waals surface area contributed by atoms with E-state index in [0.717, 1.165) is 128 Å². The van der Waals surface area contributed by atoms with Crippen molar-refractivity contribution in [3.05, 3.63) is 122 Å². The second-order valence-electron chi connectivity index (χ2n) is 23.0. The molecule has 6 heteroatoms. The first-order chi connectivity index (χ1) is 41.0. The van der Waals surface area contributed by atoms with E-state index >= 15 is 0 Å². The minimum Gasteiger partial charge on any atom is -0.462 e. The van der Waals surface area contributed by atoms with Gasteiger partial charge in [-0.1, -0.05) is 303 Å². The fraction of sp³-hybridized carbons (Fsp3) is 0.701. The average molecular weight is 1150 g/mol. The van der Waals surface area contributed by atoms with Crippen LogP contribution in [0.3, 0.4) is 0 Å². The molecule has 0 fully saturated rings. The Morgan fingerprint density at radius 2 is 0.470 bits per heavy atom. The van der Waals surface area contributed by atoms with Crippen LogP contribution in [-0.2, 0) is 28.6 Å². The number of rotatable bonds is 63. The quantitative estimate of drug-likeness (QED) is 0.0261. The van der Waals surface area contributed by atoms with Crippen LogP contribution in [0.15, 0.2) is 122 Å². The zero-order valence-corrected chi connectivity index (χ0v) is 54.4. The Morgan fingerprint density at radius 1 is 0.253 bits per heavy atom. The summed E-state index contributed by atoms with van der Waals surface area (Å²) in [6.07, 6.45) is 97.9. The lowest BCUT2D eigenvalue weighted by atomic mass is 10.0. The molecule has 0 spiro atoms. The fourth-order valence-electron chi connectivity index (χ4n) is 9.75. The number of esters is 3. The minimum absolute atomic E-state index is 0.0876. The number of carbonyl (C=O) groups excluding carboxylic acids is 3. The van der Waals surface area contributed by atoms with Gasteiger partial charge in [0.05, 0.1) is 0 Å². The van der Waals surface area contributed by atoms with Crippen LogP contribution in [0.2, 0.25) is 0 Å². The zero-order valence-electron chi connectivity index (χ0n) is 54.4. The van der Waals surface area contributed by atoms with Crippen molar-refractivity contribution < 1.29 is 28.6 Å². The van der Waals surface area contributed by atoms with Crippen LogP contribution in [0.4, 0.5) is 0 Å². The molecule has 83 heavy (non-hydrogen) atoms.